The molecule has 1 aromatic carbocycles. The number of carbonyl (C=O) groups excluding carboxylic acids is 1. The van der Waals surface area contributed by atoms with Gasteiger partial charge in [0.2, 0.25) is 5.91 Å². The van der Waals surface area contributed by atoms with Gasteiger partial charge in [0.15, 0.2) is 0 Å². The lowest BCUT2D eigenvalue weighted by molar-refractivity contribution is -0.127. The Labute approximate surface area is 115 Å². The van der Waals surface area contributed by atoms with Crippen LogP contribution in [0.3, 0.4) is 0 Å². The number of nitrogens with zero attached hydrogens (tertiary/aromatic N) is 2. The second kappa shape index (κ2) is 6.68. The fourth-order valence-electron chi connectivity index (χ4n) is 2.37. The van der Waals surface area contributed by atoms with Gasteiger partial charge in [-0.05, 0) is 12.0 Å². The van der Waals surface area contributed by atoms with Gasteiger partial charge in [0.25, 0.3) is 0 Å². The summed E-state index contributed by atoms with van der Waals surface area (Å²) in [5, 5.41) is 3.35. The Bertz CT molecular complexity index is 405. The highest BCUT2D eigenvalue weighted by atomic mass is 16.2. The Morgan fingerprint density at radius 3 is 2.79 bits per heavy atom. The van der Waals surface area contributed by atoms with Crippen molar-refractivity contribution >= 4 is 5.91 Å². The molecule has 1 aliphatic heterocycles. The lowest BCUT2D eigenvalue weighted by Gasteiger charge is -2.17. The Morgan fingerprint density at radius 1 is 1.37 bits per heavy atom. The summed E-state index contributed by atoms with van der Waals surface area (Å²) in [7, 11) is 3.58. The van der Waals surface area contributed by atoms with E-state index in [-0.39, 0.29) is 5.91 Å². The summed E-state index contributed by atoms with van der Waals surface area (Å²) in [6.45, 7) is 3.57. The van der Waals surface area contributed by atoms with E-state index in [1.807, 2.05) is 6.07 Å². The molecular formula is C15H23N3O. The zero-order chi connectivity index (χ0) is 13.7. The number of likely N-dealkylation sites (N-methyl/N-ethyl adjacent to an activating group) is 1. The molecule has 1 heterocycles. The normalized spacial score (nSPS) is 19.6. The first kappa shape index (κ1) is 14.0. The highest BCUT2D eigenvalue weighted by molar-refractivity contribution is 5.77. The lowest BCUT2D eigenvalue weighted by atomic mass is 10.2. The van der Waals surface area contributed by atoms with Crippen molar-refractivity contribution in [3.63, 3.8) is 0 Å². The van der Waals surface area contributed by atoms with Gasteiger partial charge in [-0.1, -0.05) is 30.3 Å². The van der Waals surface area contributed by atoms with Crippen LogP contribution in [0.1, 0.15) is 12.0 Å². The van der Waals surface area contributed by atoms with Gasteiger partial charge in [-0.25, -0.2) is 0 Å². The smallest absolute Gasteiger partial charge is 0.236 e. The Hall–Kier alpha value is -1.39. The molecule has 0 aliphatic carbocycles. The number of rotatable bonds is 5. The van der Waals surface area contributed by atoms with Gasteiger partial charge in [0, 0.05) is 39.8 Å². The van der Waals surface area contributed by atoms with Crippen molar-refractivity contribution in [1.82, 2.24) is 15.1 Å². The maximum Gasteiger partial charge on any atom is 0.236 e. The molecule has 0 spiro atoms. The molecule has 1 unspecified atom stereocenters. The molecule has 2 rings (SSSR count). The van der Waals surface area contributed by atoms with Crippen LogP contribution in [-0.4, -0.2) is 55.5 Å². The van der Waals surface area contributed by atoms with Gasteiger partial charge in [0.1, 0.15) is 0 Å². The van der Waals surface area contributed by atoms with Crippen molar-refractivity contribution in [2.24, 2.45) is 0 Å². The molecule has 1 N–H and O–H groups in total. The van der Waals surface area contributed by atoms with Crippen molar-refractivity contribution < 1.29 is 4.79 Å². The third-order valence-corrected chi connectivity index (χ3v) is 3.56. The summed E-state index contributed by atoms with van der Waals surface area (Å²) in [6.07, 6.45) is 1.12. The number of amides is 1. The monoisotopic (exact) mass is 261 g/mol. The summed E-state index contributed by atoms with van der Waals surface area (Å²) < 4.78 is 0. The van der Waals surface area contributed by atoms with Gasteiger partial charge < -0.3 is 10.2 Å². The first-order valence-corrected chi connectivity index (χ1v) is 6.85. The van der Waals surface area contributed by atoms with E-state index < -0.39 is 0 Å². The summed E-state index contributed by atoms with van der Waals surface area (Å²) in [4.78, 5) is 15.6. The molecule has 0 saturated carbocycles. The minimum absolute atomic E-state index is 0.140. The highest BCUT2D eigenvalue weighted by Gasteiger charge is 2.22. The van der Waals surface area contributed by atoms with Gasteiger partial charge in [-0.15, -0.1) is 0 Å². The first-order chi connectivity index (χ1) is 9.15. The number of benzene rings is 1. The van der Waals surface area contributed by atoms with E-state index in [0.717, 1.165) is 26.1 Å². The number of hydrogen-bond donors (Lipinski definition) is 1. The number of nitrogens with one attached hydrogen (secondary N) is 1. The standard InChI is InChI=1S/C15H23N3O/c1-17(2)15(19)10-16-14-8-9-18(12-14)11-13-6-4-3-5-7-13/h3-7,14,16H,8-12H2,1-2H3. The number of carbonyl (C=O) groups is 1. The summed E-state index contributed by atoms with van der Waals surface area (Å²) in [5.74, 6) is 0.140. The molecule has 1 amide bonds. The summed E-state index contributed by atoms with van der Waals surface area (Å²) in [5.41, 5.74) is 1.35. The topological polar surface area (TPSA) is 35.6 Å². The second-order valence-electron chi connectivity index (χ2n) is 5.38. The van der Waals surface area contributed by atoms with Crippen LogP contribution in [0.15, 0.2) is 30.3 Å². The van der Waals surface area contributed by atoms with Gasteiger partial charge >= 0.3 is 0 Å². The molecule has 4 heteroatoms. The lowest BCUT2D eigenvalue weighted by Crippen LogP contribution is -2.39. The summed E-state index contributed by atoms with van der Waals surface area (Å²) in [6, 6.07) is 11.0. The third-order valence-electron chi connectivity index (χ3n) is 3.56. The maximum atomic E-state index is 11.5. The van der Waals surface area contributed by atoms with E-state index in [0.29, 0.717) is 12.6 Å². The molecule has 0 radical (unpaired) electrons. The highest BCUT2D eigenvalue weighted by Crippen LogP contribution is 2.13. The molecule has 1 aromatic rings. The SMILES string of the molecule is CN(C)C(=O)CNC1CCN(Cc2ccccc2)C1. The zero-order valence-corrected chi connectivity index (χ0v) is 11.8. The molecule has 1 saturated heterocycles. The molecule has 1 aliphatic rings. The van der Waals surface area contributed by atoms with Crippen molar-refractivity contribution in [2.75, 3.05) is 33.7 Å². The van der Waals surface area contributed by atoms with Gasteiger partial charge in [-0.2, -0.15) is 0 Å². The van der Waals surface area contributed by atoms with Crippen LogP contribution < -0.4 is 5.32 Å². The van der Waals surface area contributed by atoms with Gasteiger partial charge in [-0.3, -0.25) is 9.69 Å². The molecular weight excluding hydrogens is 238 g/mol. The molecule has 0 bridgehead atoms. The average molecular weight is 261 g/mol. The first-order valence-electron chi connectivity index (χ1n) is 6.85. The number of likely N-dealkylation sites (tertiary alicyclic amines) is 1. The van der Waals surface area contributed by atoms with E-state index in [9.17, 15) is 4.79 Å². The fourth-order valence-corrected chi connectivity index (χ4v) is 2.37. The Morgan fingerprint density at radius 2 is 2.11 bits per heavy atom. The van der Waals surface area contributed by atoms with Crippen LogP contribution in [0, 0.1) is 0 Å². The predicted molar refractivity (Wildman–Crippen MR) is 76.8 cm³/mol. The molecule has 1 atom stereocenters. The van der Waals surface area contributed by atoms with Crippen molar-refractivity contribution in [3.05, 3.63) is 35.9 Å². The van der Waals surface area contributed by atoms with Crippen LogP contribution in [-0.2, 0) is 11.3 Å². The van der Waals surface area contributed by atoms with E-state index in [1.54, 1.807) is 19.0 Å². The largest absolute Gasteiger partial charge is 0.348 e. The Kier molecular flexibility index (Phi) is 4.93. The minimum Gasteiger partial charge on any atom is -0.348 e. The Balaban J connectivity index is 1.73. The van der Waals surface area contributed by atoms with Crippen LogP contribution in [0.2, 0.25) is 0 Å². The van der Waals surface area contributed by atoms with Crippen LogP contribution >= 0.6 is 0 Å². The van der Waals surface area contributed by atoms with Crippen LogP contribution in [0.25, 0.3) is 0 Å². The van der Waals surface area contributed by atoms with E-state index >= 15 is 0 Å². The molecule has 0 aromatic heterocycles. The minimum atomic E-state index is 0.140. The summed E-state index contributed by atoms with van der Waals surface area (Å²) >= 11 is 0. The van der Waals surface area contributed by atoms with Crippen LogP contribution in [0.4, 0.5) is 0 Å². The number of hydrogen-bond acceptors (Lipinski definition) is 3. The second-order valence-corrected chi connectivity index (χ2v) is 5.38. The van der Waals surface area contributed by atoms with Crippen molar-refractivity contribution in [3.8, 4) is 0 Å². The molecule has 104 valence electrons. The van der Waals surface area contributed by atoms with Crippen LogP contribution in [0.5, 0.6) is 0 Å². The molecule has 4 nitrogen and oxygen atoms in total. The molecule has 1 fully saturated rings. The third kappa shape index (κ3) is 4.33. The predicted octanol–water partition coefficient (Wildman–Crippen LogP) is 0.939. The zero-order valence-electron chi connectivity index (χ0n) is 11.8. The average Bonchev–Trinajstić information content (AvgIpc) is 2.84. The fraction of sp³-hybridized carbons (Fsp3) is 0.533. The van der Waals surface area contributed by atoms with E-state index in [2.05, 4.69) is 34.5 Å². The quantitative estimate of drug-likeness (QED) is 0.857. The van der Waals surface area contributed by atoms with Crippen molar-refractivity contribution in [2.45, 2.75) is 19.0 Å². The van der Waals surface area contributed by atoms with Gasteiger partial charge in [0.05, 0.1) is 6.54 Å². The maximum absolute atomic E-state index is 11.5. The van der Waals surface area contributed by atoms with E-state index in [1.165, 1.54) is 5.56 Å². The van der Waals surface area contributed by atoms with Crippen molar-refractivity contribution in [1.29, 1.82) is 0 Å². The molecule has 19 heavy (non-hydrogen) atoms. The van der Waals surface area contributed by atoms with E-state index in [4.69, 9.17) is 0 Å².